The Morgan fingerprint density at radius 3 is 2.95 bits per heavy atom. The van der Waals surface area contributed by atoms with Crippen molar-refractivity contribution in [2.24, 2.45) is 0 Å². The number of rotatable bonds is 5. The molecule has 1 amide bonds. The minimum absolute atomic E-state index is 0.0451. The van der Waals surface area contributed by atoms with Gasteiger partial charge in [-0.3, -0.25) is 9.48 Å². The summed E-state index contributed by atoms with van der Waals surface area (Å²) in [5.41, 5.74) is 1.11. The molecule has 6 heteroatoms. The highest BCUT2D eigenvalue weighted by Crippen LogP contribution is 2.30. The fourth-order valence-corrected chi connectivity index (χ4v) is 2.19. The molecule has 0 saturated carbocycles. The number of hydrogen-bond donors (Lipinski definition) is 1. The summed E-state index contributed by atoms with van der Waals surface area (Å²) in [4.78, 5) is 11.7. The Morgan fingerprint density at radius 2 is 2.14 bits per heavy atom. The molecule has 21 heavy (non-hydrogen) atoms. The lowest BCUT2D eigenvalue weighted by molar-refractivity contribution is -0.121. The smallest absolute Gasteiger partial charge is 0.241 e. The Bertz CT molecular complexity index is 611. The molecule has 2 aromatic rings. The summed E-state index contributed by atoms with van der Waals surface area (Å²) >= 11 is 0. The molecule has 0 bridgehead atoms. The van der Waals surface area contributed by atoms with Crippen molar-refractivity contribution < 1.29 is 14.3 Å². The van der Waals surface area contributed by atoms with Crippen LogP contribution in [0.2, 0.25) is 0 Å². The first-order valence-electron chi connectivity index (χ1n) is 6.94. The minimum atomic E-state index is -0.0451. The van der Waals surface area contributed by atoms with Gasteiger partial charge in [-0.2, -0.15) is 5.10 Å². The van der Waals surface area contributed by atoms with Gasteiger partial charge in [-0.1, -0.05) is 6.07 Å². The summed E-state index contributed by atoms with van der Waals surface area (Å²) in [5, 5.41) is 6.87. The van der Waals surface area contributed by atoms with Crippen molar-refractivity contribution in [2.45, 2.75) is 13.0 Å². The minimum Gasteiger partial charge on any atom is -0.486 e. The van der Waals surface area contributed by atoms with E-state index in [2.05, 4.69) is 10.4 Å². The number of hydrogen-bond acceptors (Lipinski definition) is 4. The predicted octanol–water partition coefficient (Wildman–Crippen LogP) is 1.01. The molecule has 0 saturated heterocycles. The Kier molecular flexibility index (Phi) is 4.04. The van der Waals surface area contributed by atoms with Crippen LogP contribution in [-0.2, 0) is 17.8 Å². The number of carbonyl (C=O) groups is 1. The van der Waals surface area contributed by atoms with Crippen molar-refractivity contribution in [1.29, 1.82) is 0 Å². The monoisotopic (exact) mass is 287 g/mol. The fraction of sp³-hybridized carbons (Fsp3) is 0.333. The van der Waals surface area contributed by atoms with Gasteiger partial charge in [0.2, 0.25) is 5.91 Å². The van der Waals surface area contributed by atoms with Gasteiger partial charge in [-0.05, 0) is 30.2 Å². The van der Waals surface area contributed by atoms with E-state index in [4.69, 9.17) is 9.47 Å². The number of amides is 1. The van der Waals surface area contributed by atoms with Crippen LogP contribution >= 0.6 is 0 Å². The molecular formula is C15H17N3O3. The third kappa shape index (κ3) is 3.53. The van der Waals surface area contributed by atoms with Crippen LogP contribution in [0, 0.1) is 0 Å². The van der Waals surface area contributed by atoms with Gasteiger partial charge in [-0.25, -0.2) is 0 Å². The quantitative estimate of drug-likeness (QED) is 0.891. The molecule has 1 N–H and O–H groups in total. The highest BCUT2D eigenvalue weighted by Gasteiger charge is 2.11. The van der Waals surface area contributed by atoms with Gasteiger partial charge in [0.15, 0.2) is 11.5 Å². The Labute approximate surface area is 122 Å². The number of nitrogens with zero attached hydrogens (tertiary/aromatic N) is 2. The fourth-order valence-electron chi connectivity index (χ4n) is 2.19. The van der Waals surface area contributed by atoms with Crippen LogP contribution in [0.4, 0.5) is 0 Å². The topological polar surface area (TPSA) is 65.4 Å². The van der Waals surface area contributed by atoms with E-state index in [-0.39, 0.29) is 12.5 Å². The summed E-state index contributed by atoms with van der Waals surface area (Å²) < 4.78 is 12.6. The lowest BCUT2D eigenvalue weighted by Crippen LogP contribution is -2.29. The van der Waals surface area contributed by atoms with Gasteiger partial charge in [0.05, 0.1) is 0 Å². The second-order valence-corrected chi connectivity index (χ2v) is 4.78. The zero-order valence-corrected chi connectivity index (χ0v) is 11.6. The summed E-state index contributed by atoms with van der Waals surface area (Å²) in [6, 6.07) is 7.67. The maximum Gasteiger partial charge on any atom is 0.241 e. The van der Waals surface area contributed by atoms with E-state index in [0.717, 1.165) is 23.5 Å². The molecule has 110 valence electrons. The van der Waals surface area contributed by atoms with Crippen LogP contribution in [0.3, 0.4) is 0 Å². The van der Waals surface area contributed by atoms with Crippen LogP contribution in [0.5, 0.6) is 11.5 Å². The number of fused-ring (bicyclic) bond motifs is 1. The van der Waals surface area contributed by atoms with E-state index >= 15 is 0 Å². The van der Waals surface area contributed by atoms with Crippen molar-refractivity contribution >= 4 is 5.91 Å². The molecule has 1 aromatic carbocycles. The zero-order chi connectivity index (χ0) is 14.5. The van der Waals surface area contributed by atoms with E-state index in [1.54, 1.807) is 23.1 Å². The third-order valence-corrected chi connectivity index (χ3v) is 3.21. The van der Waals surface area contributed by atoms with Gasteiger partial charge in [0.25, 0.3) is 0 Å². The van der Waals surface area contributed by atoms with Crippen molar-refractivity contribution in [3.63, 3.8) is 0 Å². The molecule has 0 atom stereocenters. The number of aromatic nitrogens is 2. The zero-order valence-electron chi connectivity index (χ0n) is 11.6. The van der Waals surface area contributed by atoms with E-state index in [1.807, 2.05) is 18.2 Å². The molecule has 0 unspecified atom stereocenters. The van der Waals surface area contributed by atoms with Crippen LogP contribution in [0.25, 0.3) is 0 Å². The first-order valence-corrected chi connectivity index (χ1v) is 6.94. The lowest BCUT2D eigenvalue weighted by Gasteiger charge is -2.18. The van der Waals surface area contributed by atoms with Crippen LogP contribution in [-0.4, -0.2) is 35.4 Å². The summed E-state index contributed by atoms with van der Waals surface area (Å²) in [6.07, 6.45) is 4.17. The molecule has 0 fully saturated rings. The first kappa shape index (κ1) is 13.5. The average Bonchev–Trinajstić information content (AvgIpc) is 3.00. The lowest BCUT2D eigenvalue weighted by atomic mass is 10.1. The van der Waals surface area contributed by atoms with Gasteiger partial charge in [0, 0.05) is 18.9 Å². The molecule has 1 aromatic heterocycles. The van der Waals surface area contributed by atoms with Gasteiger partial charge >= 0.3 is 0 Å². The maximum atomic E-state index is 11.7. The normalized spacial score (nSPS) is 13.0. The van der Waals surface area contributed by atoms with E-state index in [1.165, 1.54) is 0 Å². The average molecular weight is 287 g/mol. The third-order valence-electron chi connectivity index (χ3n) is 3.21. The number of nitrogens with one attached hydrogen (secondary N) is 1. The molecule has 0 aliphatic carbocycles. The molecule has 3 rings (SSSR count). The van der Waals surface area contributed by atoms with Crippen LogP contribution in [0.1, 0.15) is 5.56 Å². The Morgan fingerprint density at radius 1 is 1.29 bits per heavy atom. The van der Waals surface area contributed by atoms with E-state index in [9.17, 15) is 4.79 Å². The van der Waals surface area contributed by atoms with Crippen LogP contribution in [0.15, 0.2) is 36.7 Å². The molecule has 1 aliphatic heterocycles. The maximum absolute atomic E-state index is 11.7. The van der Waals surface area contributed by atoms with Crippen LogP contribution < -0.4 is 14.8 Å². The van der Waals surface area contributed by atoms with E-state index < -0.39 is 0 Å². The molecule has 0 spiro atoms. The Hall–Kier alpha value is -2.50. The summed E-state index contributed by atoms with van der Waals surface area (Å²) in [5.74, 6) is 1.52. The number of ether oxygens (including phenoxy) is 2. The molecule has 0 radical (unpaired) electrons. The van der Waals surface area contributed by atoms with Crippen molar-refractivity contribution in [2.75, 3.05) is 19.8 Å². The summed E-state index contributed by atoms with van der Waals surface area (Å²) in [6.45, 7) is 2.00. The number of carbonyl (C=O) groups excluding carboxylic acids is 1. The first-order chi connectivity index (χ1) is 10.3. The second-order valence-electron chi connectivity index (χ2n) is 4.78. The molecule has 2 heterocycles. The molecule has 1 aliphatic rings. The predicted molar refractivity (Wildman–Crippen MR) is 76.4 cm³/mol. The van der Waals surface area contributed by atoms with Crippen molar-refractivity contribution in [3.05, 3.63) is 42.2 Å². The standard InChI is InChI=1S/C15H17N3O3/c19-15(11-18-7-1-5-17-18)16-6-4-12-2-3-13-14(10-12)21-9-8-20-13/h1-3,5,7,10H,4,6,8-9,11H2,(H,16,19). The van der Waals surface area contributed by atoms with Crippen molar-refractivity contribution in [1.82, 2.24) is 15.1 Å². The SMILES string of the molecule is O=C(Cn1cccn1)NCCc1ccc2c(c1)OCCO2. The highest BCUT2D eigenvalue weighted by molar-refractivity contribution is 5.75. The number of benzene rings is 1. The van der Waals surface area contributed by atoms with Gasteiger partial charge in [0.1, 0.15) is 19.8 Å². The van der Waals surface area contributed by atoms with E-state index in [0.29, 0.717) is 19.8 Å². The summed E-state index contributed by atoms with van der Waals surface area (Å²) in [7, 11) is 0. The largest absolute Gasteiger partial charge is 0.486 e. The van der Waals surface area contributed by atoms with Crippen molar-refractivity contribution in [3.8, 4) is 11.5 Å². The Balaban J connectivity index is 1.48. The second kappa shape index (κ2) is 6.30. The van der Waals surface area contributed by atoms with Gasteiger partial charge < -0.3 is 14.8 Å². The van der Waals surface area contributed by atoms with Gasteiger partial charge in [-0.15, -0.1) is 0 Å². The molecule has 6 nitrogen and oxygen atoms in total. The molecular weight excluding hydrogens is 270 g/mol. The highest BCUT2D eigenvalue weighted by atomic mass is 16.6.